The van der Waals surface area contributed by atoms with Crippen molar-refractivity contribution in [1.82, 2.24) is 9.71 Å². The van der Waals surface area contributed by atoms with Gasteiger partial charge in [-0.15, -0.1) is 0 Å². The maximum Gasteiger partial charge on any atom is 0.417 e. The van der Waals surface area contributed by atoms with Crippen molar-refractivity contribution < 1.29 is 26.4 Å². The van der Waals surface area contributed by atoms with E-state index in [0.717, 1.165) is 24.1 Å². The minimum atomic E-state index is -4.85. The summed E-state index contributed by atoms with van der Waals surface area (Å²) < 4.78 is 67.9. The second-order valence-corrected chi connectivity index (χ2v) is 10.3. The molecule has 1 unspecified atom stereocenters. The summed E-state index contributed by atoms with van der Waals surface area (Å²) in [6, 6.07) is 4.64. The Hall–Kier alpha value is -2.47. The zero-order valence-electron chi connectivity index (χ0n) is 17.3. The van der Waals surface area contributed by atoms with Crippen molar-refractivity contribution in [2.45, 2.75) is 36.4 Å². The topological polar surface area (TPSA) is 91.7 Å². The minimum Gasteiger partial charge on any atom is -0.291 e. The molecule has 2 aromatic rings. The molecule has 0 bridgehead atoms. The van der Waals surface area contributed by atoms with Crippen LogP contribution in [-0.4, -0.2) is 37.6 Å². The molecule has 0 radical (unpaired) electrons. The number of nitrogens with one attached hydrogen (secondary N) is 1. The molecule has 1 amide bonds. The maximum atomic E-state index is 13.4. The van der Waals surface area contributed by atoms with Crippen LogP contribution in [0.4, 0.5) is 19.0 Å². The van der Waals surface area contributed by atoms with E-state index < -0.39 is 43.6 Å². The summed E-state index contributed by atoms with van der Waals surface area (Å²) >= 11 is 11.6. The fourth-order valence-electron chi connectivity index (χ4n) is 3.76. The number of carbonyl (C=O) groups excluding carboxylic acids is 1. The Morgan fingerprint density at radius 2 is 1.97 bits per heavy atom. The molecule has 1 aromatic carbocycles. The minimum absolute atomic E-state index is 0.103. The molecular formula is C21H17Cl2F3N4O3S. The number of carbonyl (C=O) groups is 1. The van der Waals surface area contributed by atoms with Crippen LogP contribution in [0.5, 0.6) is 0 Å². The zero-order valence-corrected chi connectivity index (χ0v) is 19.6. The number of aryl methyl sites for hydroxylation is 1. The number of nitrogens with zero attached hydrogens (tertiary/aromatic N) is 3. The van der Waals surface area contributed by atoms with Gasteiger partial charge in [-0.1, -0.05) is 29.3 Å². The number of aromatic nitrogens is 1. The second-order valence-electron chi connectivity index (χ2n) is 7.65. The van der Waals surface area contributed by atoms with Crippen molar-refractivity contribution in [2.75, 3.05) is 11.4 Å². The van der Waals surface area contributed by atoms with E-state index in [9.17, 15) is 26.4 Å². The molecule has 2 aliphatic heterocycles. The van der Waals surface area contributed by atoms with Crippen LogP contribution in [0.3, 0.4) is 0 Å². The number of benzene rings is 1. The Morgan fingerprint density at radius 1 is 1.21 bits per heavy atom. The molecule has 0 saturated heterocycles. The number of anilines is 1. The van der Waals surface area contributed by atoms with Crippen molar-refractivity contribution in [3.05, 3.63) is 63.9 Å². The van der Waals surface area contributed by atoms with Crippen LogP contribution < -0.4 is 9.62 Å². The van der Waals surface area contributed by atoms with E-state index in [1.54, 1.807) is 12.3 Å². The molecule has 1 aromatic heterocycles. The highest BCUT2D eigenvalue weighted by molar-refractivity contribution is 7.89. The Bertz CT molecular complexity index is 1310. The summed E-state index contributed by atoms with van der Waals surface area (Å²) in [4.78, 5) is 22.5. The number of pyridine rings is 1. The first-order valence-electron chi connectivity index (χ1n) is 10.0. The molecule has 1 atom stereocenters. The van der Waals surface area contributed by atoms with Gasteiger partial charge in [-0.3, -0.25) is 14.7 Å². The lowest BCUT2D eigenvalue weighted by molar-refractivity contribution is -0.137. The van der Waals surface area contributed by atoms with Gasteiger partial charge in [-0.05, 0) is 42.7 Å². The number of rotatable bonds is 4. The van der Waals surface area contributed by atoms with Gasteiger partial charge in [-0.25, -0.2) is 18.1 Å². The summed E-state index contributed by atoms with van der Waals surface area (Å²) in [5.41, 5.74) is -0.568. The van der Waals surface area contributed by atoms with Crippen molar-refractivity contribution in [1.29, 1.82) is 0 Å². The predicted octanol–water partition coefficient (Wildman–Crippen LogP) is 4.31. The summed E-state index contributed by atoms with van der Waals surface area (Å²) in [7, 11) is -4.50. The molecular weight excluding hydrogens is 516 g/mol. The van der Waals surface area contributed by atoms with Crippen LogP contribution >= 0.6 is 23.2 Å². The van der Waals surface area contributed by atoms with Crippen molar-refractivity contribution in [3.8, 4) is 0 Å². The molecule has 0 spiro atoms. The summed E-state index contributed by atoms with van der Waals surface area (Å²) in [6.45, 7) is 0.352. The first-order chi connectivity index (χ1) is 16.0. The fourth-order valence-corrected chi connectivity index (χ4v) is 5.41. The normalized spacial score (nSPS) is 18.7. The van der Waals surface area contributed by atoms with Crippen LogP contribution in [0, 0.1) is 0 Å². The van der Waals surface area contributed by atoms with Gasteiger partial charge in [0.05, 0.1) is 21.5 Å². The number of hydrogen-bond donors (Lipinski definition) is 1. The average Bonchev–Trinajstić information content (AvgIpc) is 2.77. The molecule has 4 rings (SSSR count). The molecule has 13 heteroatoms. The van der Waals surface area contributed by atoms with Crippen molar-refractivity contribution >= 4 is 50.7 Å². The van der Waals surface area contributed by atoms with Crippen LogP contribution in [0.15, 0.2) is 57.6 Å². The van der Waals surface area contributed by atoms with E-state index in [1.165, 1.54) is 11.1 Å². The van der Waals surface area contributed by atoms with Gasteiger partial charge < -0.3 is 0 Å². The van der Waals surface area contributed by atoms with Gasteiger partial charge in [0.15, 0.2) is 0 Å². The van der Waals surface area contributed by atoms with Crippen molar-refractivity contribution in [3.63, 3.8) is 0 Å². The largest absolute Gasteiger partial charge is 0.417 e. The Kier molecular flexibility index (Phi) is 6.74. The number of alkyl halides is 3. The smallest absolute Gasteiger partial charge is 0.291 e. The number of aliphatic imine (C=N–C) groups is 1. The number of fused-ring (bicyclic) bond motifs is 1. The van der Waals surface area contributed by atoms with E-state index in [1.807, 2.05) is 6.07 Å². The van der Waals surface area contributed by atoms with Crippen LogP contribution in [0.25, 0.3) is 0 Å². The first kappa shape index (κ1) is 24.6. The Labute approximate surface area is 203 Å². The number of halogens is 5. The molecule has 7 nitrogen and oxygen atoms in total. The molecule has 180 valence electrons. The predicted molar refractivity (Wildman–Crippen MR) is 121 cm³/mol. The summed E-state index contributed by atoms with van der Waals surface area (Å²) in [5.74, 6) is -0.115. The Balaban J connectivity index is 1.65. The van der Waals surface area contributed by atoms with Crippen LogP contribution in [0.1, 0.15) is 24.0 Å². The van der Waals surface area contributed by atoms with E-state index in [-0.39, 0.29) is 17.2 Å². The zero-order chi connectivity index (χ0) is 24.7. The van der Waals surface area contributed by atoms with E-state index in [2.05, 4.69) is 14.7 Å². The van der Waals surface area contributed by atoms with Crippen molar-refractivity contribution in [2.24, 2.45) is 4.99 Å². The molecule has 3 heterocycles. The lowest BCUT2D eigenvalue weighted by Crippen LogP contribution is -2.51. The maximum absolute atomic E-state index is 13.4. The van der Waals surface area contributed by atoms with Crippen LogP contribution in [-0.2, 0) is 27.4 Å². The molecule has 0 aliphatic carbocycles. The lowest BCUT2D eigenvalue weighted by Gasteiger charge is -2.31. The molecule has 0 saturated carbocycles. The standard InChI is InChI=1S/C21H17Cl2F3N4O3S/c22-13-9-17(29-34(32,33)14-5-6-16(23)15(10-14)21(24,25)26)18(28-11-13)20(31)30-8-2-4-12-3-1-7-27-19(12)30/h1,3,5-7,10-11,17,29H,2,4,8-9H2. The SMILES string of the molecule is O=C(C1=NC=C(Cl)CC1NS(=O)(=O)c1ccc(Cl)c(C(F)(F)F)c1)N1CCCc2cccnc21. The van der Waals surface area contributed by atoms with Gasteiger partial charge in [0.1, 0.15) is 11.5 Å². The van der Waals surface area contributed by atoms with E-state index in [0.29, 0.717) is 24.8 Å². The second kappa shape index (κ2) is 9.29. The highest BCUT2D eigenvalue weighted by Crippen LogP contribution is 2.36. The highest BCUT2D eigenvalue weighted by atomic mass is 35.5. The summed E-state index contributed by atoms with van der Waals surface area (Å²) in [5, 5.41) is -0.461. The third-order valence-electron chi connectivity index (χ3n) is 5.34. The monoisotopic (exact) mass is 532 g/mol. The van der Waals surface area contributed by atoms with Gasteiger partial charge in [-0.2, -0.15) is 13.2 Å². The number of amides is 1. The molecule has 34 heavy (non-hydrogen) atoms. The van der Waals surface area contributed by atoms with Crippen LogP contribution in [0.2, 0.25) is 5.02 Å². The average molecular weight is 533 g/mol. The lowest BCUT2D eigenvalue weighted by atomic mass is 10.0. The fraction of sp³-hybridized carbons (Fsp3) is 0.286. The highest BCUT2D eigenvalue weighted by Gasteiger charge is 2.37. The van der Waals surface area contributed by atoms with Gasteiger partial charge in [0.2, 0.25) is 10.0 Å². The molecule has 2 aliphatic rings. The number of hydrogen-bond acceptors (Lipinski definition) is 5. The first-order valence-corrected chi connectivity index (χ1v) is 12.3. The van der Waals surface area contributed by atoms with E-state index in [4.69, 9.17) is 23.2 Å². The quantitative estimate of drug-likeness (QED) is 0.635. The van der Waals surface area contributed by atoms with Gasteiger partial charge >= 0.3 is 6.18 Å². The molecule has 0 fully saturated rings. The van der Waals surface area contributed by atoms with Gasteiger partial charge in [0, 0.05) is 30.4 Å². The third kappa shape index (κ3) is 4.97. The van der Waals surface area contributed by atoms with E-state index >= 15 is 0 Å². The number of sulfonamides is 1. The third-order valence-corrected chi connectivity index (χ3v) is 7.39. The summed E-state index contributed by atoms with van der Waals surface area (Å²) in [6.07, 6.45) is -0.754. The Morgan fingerprint density at radius 3 is 2.71 bits per heavy atom. The van der Waals surface area contributed by atoms with Gasteiger partial charge in [0.25, 0.3) is 5.91 Å². The molecule has 1 N–H and O–H groups in total.